The fraction of sp³-hybridized carbons (Fsp3) is 0.962. The number of hydrogen-bond acceptors (Lipinski definition) is 63. The lowest BCUT2D eigenvalue weighted by Gasteiger charge is -2.53. The Morgan fingerprint density at radius 2 is 0.583 bits per heavy atom. The highest BCUT2D eigenvalue weighted by molar-refractivity contribution is 5.77. The van der Waals surface area contributed by atoms with Crippen LogP contribution in [0.1, 0.15) is 19.8 Å². The van der Waals surface area contributed by atoms with Gasteiger partial charge in [0, 0.05) is 19.8 Å². The molecule has 0 saturated carbocycles. The summed E-state index contributed by atoms with van der Waals surface area (Å²) < 4.78 is 136. The Hall–Kier alpha value is -3.99. The summed E-state index contributed by atoms with van der Waals surface area (Å²) in [5, 5.41) is 437. The molecule has 12 saturated heterocycles. The molecule has 12 aliphatic heterocycles. The molecule has 0 spiro atoms. The van der Waals surface area contributed by atoms with Crippen molar-refractivity contribution in [1.82, 2.24) is 5.32 Å². The molecule has 12 heterocycles. The first kappa shape index (κ1) is 119. The number of carboxylic acid groups (broad SMARTS) is 2. The summed E-state index contributed by atoms with van der Waals surface area (Å²) >= 11 is 0. The quantitative estimate of drug-likeness (QED) is 0.0272. The predicted molar refractivity (Wildman–Crippen MR) is 429 cm³/mol. The van der Waals surface area contributed by atoms with Crippen molar-refractivity contribution < 1.29 is 322 Å². The first-order valence-corrected chi connectivity index (χ1v) is 45.3. The highest BCUT2D eigenvalue weighted by Crippen LogP contribution is 2.46. The summed E-state index contributed by atoms with van der Waals surface area (Å²) in [4.78, 5) is 40.3. The molecule has 0 unspecified atom stereocenters. The minimum absolute atomic E-state index is 0.818. The van der Waals surface area contributed by atoms with Gasteiger partial charge in [-0.2, -0.15) is 0 Å². The van der Waals surface area contributed by atoms with Crippen LogP contribution in [0.25, 0.3) is 0 Å². The molecule has 40 N–H and O–H groups in total. The molecule has 1 amide bonds. The molecule has 12 rings (SSSR count). The standard InChI is InChI=1S/C78H129NO65/c1-16(91)79-31-38(101)56(133-69-50(113)44(107)57(27(12-88)129-69)134-66-47(110)39(102)33(96)21(6-82)123-66)26(11-87)128-65(31)140-64-43(106)37(100)25(10-86)127-74(64)138-61-30(15-122-73-63(42(105)36(99)24(9-85)126-73)141-71-52(115)46(109)59(29(14-90)131-71)136-70-51(114)45(108)58(28(13-89)130-70)135-67-48(111)40(103)34(97)22(7-83)124-67)132-72(53(116)62(61)139-68-49(112)41(104)35(98)23(8-84)125-68)137-60-20(3-77(121,75(117)118)143-55(60)19(94)5-81)142-78(76(119)120)2-17(92)32(95)54(144-78)18(93)4-80/h17-74,80-90,92-116,121H,2-15H2,1H3,(H,79,91)(H,117,118)(H,119,120)/t17-,18-,19-,20-,21-,22-,23-,24-,25-,26-,27-,28-,29-,30-,31-,32-,33+,34+,35-,36-,37-,38-,39+,40+,41+,42+,43+,44-,45-,46-,47-,48-,49-,50-,51-,52-,53-,54-,55-,56-,57+,58+,59-,60-,61-,62-,63-,64-,65-,66-,67-,68+,69+,70+,71-,72-,73-,74+,77-,78-/m1/s1. The van der Waals surface area contributed by atoms with Gasteiger partial charge in [-0.15, -0.1) is 0 Å². The monoisotopic (exact) mass is 2120 g/mol. The Morgan fingerprint density at radius 3 is 0.958 bits per heavy atom. The molecule has 60 atom stereocenters. The zero-order chi connectivity index (χ0) is 106. The van der Waals surface area contributed by atoms with Gasteiger partial charge in [-0.05, 0) is 0 Å². The summed E-state index contributed by atoms with van der Waals surface area (Å²) in [5.74, 6) is -13.3. The van der Waals surface area contributed by atoms with E-state index in [4.69, 9.17) is 109 Å². The van der Waals surface area contributed by atoms with Gasteiger partial charge in [-0.25, -0.2) is 9.59 Å². The number of aliphatic hydroxyl groups excluding tert-OH is 36. The molecular weight excluding hydrogens is 1990 g/mol. The maximum absolute atomic E-state index is 13.7. The Bertz CT molecular complexity index is 3960. The maximum atomic E-state index is 13.7. The van der Waals surface area contributed by atoms with Crippen LogP contribution >= 0.6 is 0 Å². The third-order valence-corrected chi connectivity index (χ3v) is 26.7. The van der Waals surface area contributed by atoms with E-state index in [-0.39, 0.29) is 0 Å². The van der Waals surface area contributed by atoms with Gasteiger partial charge in [0.2, 0.25) is 5.91 Å². The molecule has 12 fully saturated rings. The summed E-state index contributed by atoms with van der Waals surface area (Å²) in [6.45, 7) is -14.8. The van der Waals surface area contributed by atoms with Gasteiger partial charge in [-0.3, -0.25) is 4.79 Å². The van der Waals surface area contributed by atoms with E-state index in [0.29, 0.717) is 0 Å². The van der Waals surface area contributed by atoms with E-state index in [2.05, 4.69) is 5.32 Å². The zero-order valence-electron chi connectivity index (χ0n) is 75.4. The predicted octanol–water partition coefficient (Wildman–Crippen LogP) is -27.3. The average Bonchev–Trinajstić information content (AvgIpc) is 0.730. The summed E-state index contributed by atoms with van der Waals surface area (Å²) in [6, 6.07) is -2.22. The van der Waals surface area contributed by atoms with Crippen LogP contribution in [0.4, 0.5) is 0 Å². The van der Waals surface area contributed by atoms with Crippen molar-refractivity contribution in [3.63, 3.8) is 0 Å². The third-order valence-electron chi connectivity index (χ3n) is 26.7. The van der Waals surface area contributed by atoms with Gasteiger partial charge < -0.3 is 313 Å². The van der Waals surface area contributed by atoms with Crippen molar-refractivity contribution in [2.45, 2.75) is 387 Å². The first-order valence-electron chi connectivity index (χ1n) is 45.3. The van der Waals surface area contributed by atoms with Crippen LogP contribution in [0.3, 0.4) is 0 Å². The fourth-order valence-corrected chi connectivity index (χ4v) is 18.6. The number of rotatable bonds is 39. The molecule has 836 valence electrons. The normalized spacial score (nSPS) is 51.0. The lowest BCUT2D eigenvalue weighted by atomic mass is 9.89. The van der Waals surface area contributed by atoms with Crippen LogP contribution in [-0.4, -0.2) is 664 Å². The molecule has 0 radical (unpaired) electrons. The first-order chi connectivity index (χ1) is 68.0. The Balaban J connectivity index is 0.919. The van der Waals surface area contributed by atoms with Crippen LogP contribution in [-0.2, 0) is 123 Å². The molecule has 66 heteroatoms. The molecule has 0 bridgehead atoms. The Kier molecular flexibility index (Phi) is 41.6. The summed E-state index contributed by atoms with van der Waals surface area (Å²) in [5.41, 5.74) is 0. The van der Waals surface area contributed by atoms with Gasteiger partial charge in [0.25, 0.3) is 11.6 Å². The molecule has 0 aliphatic carbocycles. The molecular formula is C78H129NO65. The molecule has 66 nitrogen and oxygen atoms in total. The van der Waals surface area contributed by atoms with E-state index in [9.17, 15) is 214 Å². The molecule has 0 aromatic heterocycles. The van der Waals surface area contributed by atoms with Gasteiger partial charge in [0.15, 0.2) is 62.9 Å². The lowest BCUT2D eigenvalue weighted by Crippen LogP contribution is -2.71. The van der Waals surface area contributed by atoms with Crippen molar-refractivity contribution in [1.29, 1.82) is 0 Å². The second-order valence-electron chi connectivity index (χ2n) is 36.3. The molecule has 144 heavy (non-hydrogen) atoms. The molecule has 12 aliphatic rings. The number of hydrogen-bond donors (Lipinski definition) is 40. The Morgan fingerprint density at radius 1 is 0.292 bits per heavy atom. The van der Waals surface area contributed by atoms with Crippen LogP contribution < -0.4 is 5.32 Å². The highest BCUT2D eigenvalue weighted by atomic mass is 16.8. The van der Waals surface area contributed by atoms with Crippen molar-refractivity contribution in [2.24, 2.45) is 0 Å². The largest absolute Gasteiger partial charge is 0.477 e. The average molecular weight is 2120 g/mol. The number of carbonyl (C=O) groups is 3. The molecule has 0 aromatic rings. The number of amides is 1. The number of aliphatic hydroxyl groups is 37. The highest BCUT2D eigenvalue weighted by Gasteiger charge is 2.67. The van der Waals surface area contributed by atoms with Gasteiger partial charge in [0.1, 0.15) is 281 Å². The topological polar surface area (TPSA) is 1060 Å². The summed E-state index contributed by atoms with van der Waals surface area (Å²) in [6.07, 6.45) is -137. The van der Waals surface area contributed by atoms with Gasteiger partial charge >= 0.3 is 11.9 Å². The van der Waals surface area contributed by atoms with Gasteiger partial charge in [-0.1, -0.05) is 0 Å². The summed E-state index contributed by atoms with van der Waals surface area (Å²) in [7, 11) is 0. The maximum Gasteiger partial charge on any atom is 0.364 e. The van der Waals surface area contributed by atoms with Crippen LogP contribution in [0.5, 0.6) is 0 Å². The number of nitrogens with one attached hydrogen (secondary N) is 1. The van der Waals surface area contributed by atoms with E-state index in [1.54, 1.807) is 0 Å². The van der Waals surface area contributed by atoms with Crippen molar-refractivity contribution in [3.05, 3.63) is 0 Å². The minimum Gasteiger partial charge on any atom is -0.477 e. The zero-order valence-corrected chi connectivity index (χ0v) is 75.4. The second-order valence-corrected chi connectivity index (χ2v) is 36.3. The number of aliphatic carboxylic acids is 2. The van der Waals surface area contributed by atoms with Crippen LogP contribution in [0.2, 0.25) is 0 Å². The fourth-order valence-electron chi connectivity index (χ4n) is 18.6. The van der Waals surface area contributed by atoms with E-state index in [0.717, 1.165) is 6.92 Å². The van der Waals surface area contributed by atoms with Crippen molar-refractivity contribution in [2.75, 3.05) is 79.3 Å². The van der Waals surface area contributed by atoms with E-state index in [1.165, 1.54) is 0 Å². The van der Waals surface area contributed by atoms with Crippen molar-refractivity contribution in [3.8, 4) is 0 Å². The van der Waals surface area contributed by atoms with Crippen LogP contribution in [0.15, 0.2) is 0 Å². The van der Waals surface area contributed by atoms with E-state index in [1.807, 2.05) is 0 Å². The lowest BCUT2D eigenvalue weighted by molar-refractivity contribution is -0.418. The Labute approximate surface area is 809 Å². The third kappa shape index (κ3) is 24.7. The molecule has 0 aromatic carbocycles. The van der Waals surface area contributed by atoms with E-state index < -0.39 is 477 Å². The number of ether oxygens (including phenoxy) is 23. The van der Waals surface area contributed by atoms with Crippen molar-refractivity contribution >= 4 is 17.8 Å². The van der Waals surface area contributed by atoms with E-state index >= 15 is 0 Å². The van der Waals surface area contributed by atoms with Crippen LogP contribution in [0, 0.1) is 0 Å². The van der Waals surface area contributed by atoms with Gasteiger partial charge in [0.05, 0.1) is 91.5 Å². The smallest absolute Gasteiger partial charge is 0.364 e. The minimum atomic E-state index is -3.79. The number of carbonyl (C=O) groups excluding carboxylic acids is 1. The number of carboxylic acids is 2. The SMILES string of the molecule is CC(=O)N[C@H]1[C@@H](O[C@H]2[C@H](O[C@H]3[C@H](O[C@@H]4O[C@H](CO)[C@@H](O)[C@H](O)[C@H]4O)[C@@H](O)[C@@H](O[C@H]4[C@@H]([C@H](O)CO)O[C@@](O)(C(=O)O)C[C@H]4O[C@]4(C(=O)O)C[C@@H](O)[C@@H](O)[C@@H]([C@H](O)CO)O4)O[C@@H]3CO[C@@H]3O[C@H](CO)[C@@H](O)[C@H](O)[C@H]3O[C@H]3O[C@H](CO)[C@@H](O[C@@H]4O[C@H](CO)[C@H](O[C@H]5O[C@H](CO)[C@H](O)[C@H](O)[C@H]5O)[C@H](O)[C@H]4O)[C@H](O)[C@H]3O)O[C@H](CO)[C@@H](O)[C@@H]2O)O[C@H](CO)[C@@H](O[C@@H]2O[C@H](CO)[C@H](O[C@H]3O[C@H](CO)[C@H](O)[C@H](O)[C@H]3O)[C@H](O)[C@H]2O)[C@@H]1O. The second kappa shape index (κ2) is 50.5.